The van der Waals surface area contributed by atoms with E-state index < -0.39 is 5.60 Å². The van der Waals surface area contributed by atoms with E-state index in [0.29, 0.717) is 43.5 Å². The average Bonchev–Trinajstić information content (AvgIpc) is 2.59. The van der Waals surface area contributed by atoms with Crippen LogP contribution >= 0.6 is 24.0 Å². The van der Waals surface area contributed by atoms with Crippen LogP contribution in [0.15, 0.2) is 23.2 Å². The zero-order valence-electron chi connectivity index (χ0n) is 16.3. The summed E-state index contributed by atoms with van der Waals surface area (Å²) in [4.78, 5) is 20.0. The van der Waals surface area contributed by atoms with Crippen LogP contribution in [-0.4, -0.2) is 65.8 Å². The van der Waals surface area contributed by atoms with Gasteiger partial charge in [-0.1, -0.05) is 0 Å². The molecule has 152 valence electrons. The third-order valence-electron chi connectivity index (χ3n) is 3.95. The van der Waals surface area contributed by atoms with Gasteiger partial charge in [0.2, 0.25) is 0 Å². The maximum absolute atomic E-state index is 12.1. The Labute approximate surface area is 177 Å². The second-order valence-corrected chi connectivity index (χ2v) is 7.12. The minimum atomic E-state index is -0.507. The minimum Gasteiger partial charge on any atom is -0.508 e. The molecule has 0 aliphatic carbocycles. The van der Waals surface area contributed by atoms with Crippen LogP contribution < -0.4 is 10.5 Å². The van der Waals surface area contributed by atoms with Crippen molar-refractivity contribution in [3.63, 3.8) is 0 Å². The molecule has 9 heteroatoms. The van der Waals surface area contributed by atoms with Crippen molar-refractivity contribution in [3.8, 4) is 11.5 Å². The van der Waals surface area contributed by atoms with E-state index in [1.807, 2.05) is 25.7 Å². The number of phenolic OH excluding ortho intramolecular Hbond substituents is 1. The predicted octanol–water partition coefficient (Wildman–Crippen LogP) is 2.39. The molecule has 0 atom stereocenters. The monoisotopic (exact) mass is 492 g/mol. The Kier molecular flexibility index (Phi) is 8.45. The number of halogens is 1. The van der Waals surface area contributed by atoms with E-state index in [2.05, 4.69) is 4.99 Å². The van der Waals surface area contributed by atoms with Gasteiger partial charge in [0.15, 0.2) is 5.96 Å². The Morgan fingerprint density at radius 3 is 2.37 bits per heavy atom. The van der Waals surface area contributed by atoms with E-state index in [9.17, 15) is 9.90 Å². The summed E-state index contributed by atoms with van der Waals surface area (Å²) in [5.74, 6) is 1.19. The molecule has 27 heavy (non-hydrogen) atoms. The number of carbonyl (C=O) groups excluding carboxylic acids is 1. The zero-order valence-corrected chi connectivity index (χ0v) is 18.6. The Bertz CT molecular complexity index is 668. The van der Waals surface area contributed by atoms with Gasteiger partial charge in [0.05, 0.1) is 13.7 Å². The lowest BCUT2D eigenvalue weighted by molar-refractivity contribution is 0.0186. The number of hydrogen-bond acceptors (Lipinski definition) is 5. The standard InChI is InChI=1S/C18H28N4O4.HI/c1-18(2,3)26-17(24)22-9-7-21(8-10-22)16(19)20-12-13-11-14(25-4)5-6-15(13)23;/h5-6,11,23H,7-10,12H2,1-4H3,(H2,19,20);1H. The molecule has 3 N–H and O–H groups in total. The number of guanidine groups is 1. The minimum absolute atomic E-state index is 0. The van der Waals surface area contributed by atoms with Gasteiger partial charge in [-0.05, 0) is 39.0 Å². The maximum atomic E-state index is 12.1. The molecular formula is C18H29IN4O4. The number of benzene rings is 1. The highest BCUT2D eigenvalue weighted by molar-refractivity contribution is 14.0. The Hall–Kier alpha value is -1.91. The van der Waals surface area contributed by atoms with E-state index in [-0.39, 0.29) is 42.4 Å². The quantitative estimate of drug-likeness (QED) is 0.382. The number of hydrogen-bond donors (Lipinski definition) is 2. The fourth-order valence-corrected chi connectivity index (χ4v) is 2.53. The molecule has 1 aliphatic heterocycles. The molecule has 1 amide bonds. The van der Waals surface area contributed by atoms with Crippen molar-refractivity contribution in [2.45, 2.75) is 32.9 Å². The highest BCUT2D eigenvalue weighted by Crippen LogP contribution is 2.23. The first-order valence-electron chi connectivity index (χ1n) is 8.58. The van der Waals surface area contributed by atoms with Crippen molar-refractivity contribution in [1.29, 1.82) is 0 Å². The topological polar surface area (TPSA) is 101 Å². The molecule has 2 rings (SSSR count). The van der Waals surface area contributed by atoms with E-state index in [1.54, 1.807) is 30.2 Å². The van der Waals surface area contributed by atoms with Crippen LogP contribution in [0, 0.1) is 0 Å². The van der Waals surface area contributed by atoms with Gasteiger partial charge in [-0.15, -0.1) is 24.0 Å². The van der Waals surface area contributed by atoms with Gasteiger partial charge >= 0.3 is 6.09 Å². The van der Waals surface area contributed by atoms with Crippen LogP contribution in [-0.2, 0) is 11.3 Å². The van der Waals surface area contributed by atoms with E-state index >= 15 is 0 Å². The van der Waals surface area contributed by atoms with Crippen molar-refractivity contribution in [2.75, 3.05) is 33.3 Å². The number of methoxy groups -OCH3 is 1. The lowest BCUT2D eigenvalue weighted by Gasteiger charge is -2.36. The molecule has 8 nitrogen and oxygen atoms in total. The van der Waals surface area contributed by atoms with Crippen molar-refractivity contribution in [1.82, 2.24) is 9.80 Å². The lowest BCUT2D eigenvalue weighted by atomic mass is 10.2. The Morgan fingerprint density at radius 1 is 1.22 bits per heavy atom. The normalized spacial score (nSPS) is 15.2. The summed E-state index contributed by atoms with van der Waals surface area (Å²) in [5, 5.41) is 9.91. The summed E-state index contributed by atoms with van der Waals surface area (Å²) in [5.41, 5.74) is 6.20. The second-order valence-electron chi connectivity index (χ2n) is 7.12. The summed E-state index contributed by atoms with van der Waals surface area (Å²) in [7, 11) is 1.57. The van der Waals surface area contributed by atoms with Crippen LogP contribution in [0.25, 0.3) is 0 Å². The first-order chi connectivity index (χ1) is 12.2. The van der Waals surface area contributed by atoms with Gasteiger partial charge in [-0.2, -0.15) is 0 Å². The predicted molar refractivity (Wildman–Crippen MR) is 115 cm³/mol. The fourth-order valence-electron chi connectivity index (χ4n) is 2.53. The number of nitrogens with zero attached hydrogens (tertiary/aromatic N) is 3. The van der Waals surface area contributed by atoms with Gasteiger partial charge in [-0.3, -0.25) is 0 Å². The molecule has 0 spiro atoms. The molecule has 1 aliphatic rings. The van der Waals surface area contributed by atoms with Crippen molar-refractivity contribution in [3.05, 3.63) is 23.8 Å². The smallest absolute Gasteiger partial charge is 0.410 e. The molecule has 0 radical (unpaired) electrons. The molecule has 0 saturated carbocycles. The zero-order chi connectivity index (χ0) is 19.3. The number of aromatic hydroxyl groups is 1. The van der Waals surface area contributed by atoms with Crippen LogP contribution in [0.1, 0.15) is 26.3 Å². The number of ether oxygens (including phenoxy) is 2. The number of phenols is 1. The SMILES string of the molecule is COc1ccc(O)c(CN=C(N)N2CCN(C(=O)OC(C)(C)C)CC2)c1.I. The Balaban J connectivity index is 0.00000364. The molecule has 1 fully saturated rings. The average molecular weight is 492 g/mol. The molecule has 0 unspecified atom stereocenters. The van der Waals surface area contributed by atoms with Gasteiger partial charge in [0, 0.05) is 31.7 Å². The van der Waals surface area contributed by atoms with E-state index in [1.165, 1.54) is 0 Å². The largest absolute Gasteiger partial charge is 0.508 e. The van der Waals surface area contributed by atoms with Crippen molar-refractivity contribution in [2.24, 2.45) is 10.7 Å². The van der Waals surface area contributed by atoms with E-state index in [0.717, 1.165) is 0 Å². The molecule has 1 aromatic rings. The van der Waals surface area contributed by atoms with Gasteiger partial charge in [0.25, 0.3) is 0 Å². The number of amides is 1. The highest BCUT2D eigenvalue weighted by atomic mass is 127. The third kappa shape index (κ3) is 6.96. The number of nitrogens with two attached hydrogens (primary N) is 1. The lowest BCUT2D eigenvalue weighted by Crippen LogP contribution is -2.53. The molecular weight excluding hydrogens is 463 g/mol. The molecule has 1 saturated heterocycles. The number of carbonyl (C=O) groups is 1. The molecule has 1 aromatic carbocycles. The number of aliphatic imine (C=N–C) groups is 1. The molecule has 0 bridgehead atoms. The third-order valence-corrected chi connectivity index (χ3v) is 3.95. The van der Waals surface area contributed by atoms with Crippen LogP contribution in [0.2, 0.25) is 0 Å². The van der Waals surface area contributed by atoms with Crippen molar-refractivity contribution < 1.29 is 19.4 Å². The summed E-state index contributed by atoms with van der Waals surface area (Å²) in [6.45, 7) is 8.00. The summed E-state index contributed by atoms with van der Waals surface area (Å²) < 4.78 is 10.5. The number of rotatable bonds is 3. The Morgan fingerprint density at radius 2 is 1.81 bits per heavy atom. The summed E-state index contributed by atoms with van der Waals surface area (Å²) in [6, 6.07) is 4.98. The van der Waals surface area contributed by atoms with E-state index in [4.69, 9.17) is 15.2 Å². The first kappa shape index (κ1) is 23.1. The molecule has 1 heterocycles. The van der Waals surface area contributed by atoms with Crippen LogP contribution in [0.5, 0.6) is 11.5 Å². The van der Waals surface area contributed by atoms with Gasteiger partial charge < -0.3 is 30.1 Å². The van der Waals surface area contributed by atoms with Crippen LogP contribution in [0.3, 0.4) is 0 Å². The summed E-state index contributed by atoms with van der Waals surface area (Å²) in [6.07, 6.45) is -0.311. The van der Waals surface area contributed by atoms with Gasteiger partial charge in [0.1, 0.15) is 17.1 Å². The van der Waals surface area contributed by atoms with Crippen molar-refractivity contribution >= 4 is 36.0 Å². The number of piperazine rings is 1. The van der Waals surface area contributed by atoms with Crippen LogP contribution in [0.4, 0.5) is 4.79 Å². The first-order valence-corrected chi connectivity index (χ1v) is 8.58. The highest BCUT2D eigenvalue weighted by Gasteiger charge is 2.26. The maximum Gasteiger partial charge on any atom is 0.410 e. The molecule has 0 aromatic heterocycles. The second kappa shape index (κ2) is 9.86. The summed E-state index contributed by atoms with van der Waals surface area (Å²) >= 11 is 0. The van der Waals surface area contributed by atoms with Gasteiger partial charge in [-0.25, -0.2) is 9.79 Å². The fraction of sp³-hybridized carbons (Fsp3) is 0.556.